The van der Waals surface area contributed by atoms with Crippen molar-refractivity contribution in [3.8, 4) is 0 Å². The second kappa shape index (κ2) is 6.33. The van der Waals surface area contributed by atoms with E-state index in [9.17, 15) is 4.79 Å². The van der Waals surface area contributed by atoms with E-state index in [4.69, 9.17) is 12.2 Å². The fourth-order valence-electron chi connectivity index (χ4n) is 3.45. The summed E-state index contributed by atoms with van der Waals surface area (Å²) in [5.41, 5.74) is 3.28. The standard InChI is InChI=1S/C20H19N3OS/c1-13(14-7-3-2-4-8-14)23-19(24)18(22-20(23)25)11-15-12-21-17-10-6-5-9-16(15)17/h2-10,12-13,18,21H,11H2,1H3,(H,22,25)/t13-,18-/m0/s1. The molecule has 0 radical (unpaired) electrons. The van der Waals surface area contributed by atoms with Crippen LogP contribution < -0.4 is 5.32 Å². The number of nitrogens with one attached hydrogen (secondary N) is 2. The number of carbonyl (C=O) groups is 1. The van der Waals surface area contributed by atoms with Gasteiger partial charge in [-0.25, -0.2) is 0 Å². The Balaban J connectivity index is 1.57. The number of carbonyl (C=O) groups excluding carboxylic acids is 1. The van der Waals surface area contributed by atoms with Gasteiger partial charge in [0.1, 0.15) is 6.04 Å². The zero-order valence-electron chi connectivity index (χ0n) is 13.9. The van der Waals surface area contributed by atoms with Crippen molar-refractivity contribution in [2.24, 2.45) is 0 Å². The Hall–Kier alpha value is -2.66. The number of H-pyrrole nitrogens is 1. The monoisotopic (exact) mass is 349 g/mol. The van der Waals surface area contributed by atoms with Crippen molar-refractivity contribution < 1.29 is 4.79 Å². The minimum absolute atomic E-state index is 0.0339. The largest absolute Gasteiger partial charge is 0.361 e. The molecule has 1 fully saturated rings. The number of amides is 1. The highest BCUT2D eigenvalue weighted by molar-refractivity contribution is 7.80. The van der Waals surface area contributed by atoms with Gasteiger partial charge >= 0.3 is 0 Å². The van der Waals surface area contributed by atoms with Crippen LogP contribution in [-0.4, -0.2) is 26.9 Å². The van der Waals surface area contributed by atoms with E-state index in [0.717, 1.165) is 22.0 Å². The smallest absolute Gasteiger partial charge is 0.252 e. The quantitative estimate of drug-likeness (QED) is 0.708. The van der Waals surface area contributed by atoms with Crippen LogP contribution >= 0.6 is 12.2 Å². The Morgan fingerprint density at radius 1 is 1.12 bits per heavy atom. The van der Waals surface area contributed by atoms with Crippen molar-refractivity contribution >= 4 is 34.1 Å². The number of nitrogens with zero attached hydrogens (tertiary/aromatic N) is 1. The van der Waals surface area contributed by atoms with Crippen LogP contribution in [0.15, 0.2) is 60.8 Å². The molecule has 1 aliphatic heterocycles. The molecule has 1 aliphatic rings. The second-order valence-electron chi connectivity index (χ2n) is 6.36. The first-order valence-electron chi connectivity index (χ1n) is 8.38. The molecule has 126 valence electrons. The summed E-state index contributed by atoms with van der Waals surface area (Å²) >= 11 is 5.45. The van der Waals surface area contributed by atoms with Gasteiger partial charge in [-0.2, -0.15) is 0 Å². The molecule has 4 nitrogen and oxygen atoms in total. The number of benzene rings is 2. The van der Waals surface area contributed by atoms with E-state index in [1.807, 2.05) is 61.7 Å². The minimum Gasteiger partial charge on any atom is -0.361 e. The number of hydrogen-bond donors (Lipinski definition) is 2. The van der Waals surface area contributed by atoms with Crippen molar-refractivity contribution in [3.63, 3.8) is 0 Å². The van der Waals surface area contributed by atoms with Crippen LogP contribution in [0.25, 0.3) is 10.9 Å². The Morgan fingerprint density at radius 3 is 2.64 bits per heavy atom. The lowest BCUT2D eigenvalue weighted by atomic mass is 10.0. The van der Waals surface area contributed by atoms with Crippen molar-refractivity contribution in [3.05, 3.63) is 71.9 Å². The highest BCUT2D eigenvalue weighted by Crippen LogP contribution is 2.26. The third-order valence-corrected chi connectivity index (χ3v) is 5.13. The molecule has 5 heteroatoms. The van der Waals surface area contributed by atoms with E-state index < -0.39 is 0 Å². The van der Waals surface area contributed by atoms with Gasteiger partial charge in [0.2, 0.25) is 0 Å². The number of rotatable bonds is 4. The van der Waals surface area contributed by atoms with Crippen molar-refractivity contribution in [2.45, 2.75) is 25.4 Å². The third-order valence-electron chi connectivity index (χ3n) is 4.82. The Labute approximate surface area is 151 Å². The molecule has 1 aromatic heterocycles. The highest BCUT2D eigenvalue weighted by atomic mass is 32.1. The molecule has 1 saturated heterocycles. The lowest BCUT2D eigenvalue weighted by Gasteiger charge is -2.23. The number of fused-ring (bicyclic) bond motifs is 1. The maximum Gasteiger partial charge on any atom is 0.252 e. The molecule has 4 rings (SSSR count). The second-order valence-corrected chi connectivity index (χ2v) is 6.75. The summed E-state index contributed by atoms with van der Waals surface area (Å²) in [6.07, 6.45) is 2.59. The minimum atomic E-state index is -0.321. The van der Waals surface area contributed by atoms with Crippen LogP contribution in [0.2, 0.25) is 0 Å². The number of para-hydroxylation sites is 1. The molecule has 2 N–H and O–H groups in total. The third kappa shape index (κ3) is 2.81. The van der Waals surface area contributed by atoms with Gasteiger partial charge in [0, 0.05) is 23.5 Å². The molecule has 0 bridgehead atoms. The Kier molecular flexibility index (Phi) is 4.01. The van der Waals surface area contributed by atoms with Gasteiger partial charge in [-0.3, -0.25) is 9.69 Å². The molecule has 1 amide bonds. The SMILES string of the molecule is C[C@@H](c1ccccc1)N1C(=O)[C@H](Cc2c[nH]c3ccccc23)NC1=S. The van der Waals surface area contributed by atoms with Crippen molar-refractivity contribution in [1.82, 2.24) is 15.2 Å². The van der Waals surface area contributed by atoms with Gasteiger partial charge in [-0.1, -0.05) is 48.5 Å². The molecule has 2 aromatic carbocycles. The molecule has 3 aromatic rings. The van der Waals surface area contributed by atoms with Crippen LogP contribution in [0.5, 0.6) is 0 Å². The van der Waals surface area contributed by atoms with E-state index in [-0.39, 0.29) is 18.0 Å². The topological polar surface area (TPSA) is 48.1 Å². The average Bonchev–Trinajstić information content (AvgIpc) is 3.17. The van der Waals surface area contributed by atoms with E-state index in [0.29, 0.717) is 11.5 Å². The molecule has 25 heavy (non-hydrogen) atoms. The van der Waals surface area contributed by atoms with E-state index in [2.05, 4.69) is 16.4 Å². The lowest BCUT2D eigenvalue weighted by Crippen LogP contribution is -2.34. The van der Waals surface area contributed by atoms with Crippen molar-refractivity contribution in [2.75, 3.05) is 0 Å². The fourth-order valence-corrected chi connectivity index (χ4v) is 3.84. The van der Waals surface area contributed by atoms with E-state index in [1.54, 1.807) is 4.90 Å². The number of hydrogen-bond acceptors (Lipinski definition) is 2. The number of aromatic nitrogens is 1. The van der Waals surface area contributed by atoms with Crippen LogP contribution in [0.3, 0.4) is 0 Å². The fraction of sp³-hybridized carbons (Fsp3) is 0.200. The normalized spacial score (nSPS) is 18.6. The summed E-state index contributed by atoms with van der Waals surface area (Å²) in [6.45, 7) is 2.01. The first-order valence-corrected chi connectivity index (χ1v) is 8.79. The van der Waals surface area contributed by atoms with Gasteiger partial charge in [0.15, 0.2) is 5.11 Å². The van der Waals surface area contributed by atoms with Gasteiger partial charge in [-0.05, 0) is 36.3 Å². The zero-order chi connectivity index (χ0) is 17.4. The molecular weight excluding hydrogens is 330 g/mol. The van der Waals surface area contributed by atoms with Crippen molar-refractivity contribution in [1.29, 1.82) is 0 Å². The highest BCUT2D eigenvalue weighted by Gasteiger charge is 2.38. The average molecular weight is 349 g/mol. The molecule has 2 atom stereocenters. The van der Waals surface area contributed by atoms with Gasteiger partial charge < -0.3 is 10.3 Å². The molecular formula is C20H19N3OS. The molecule has 2 heterocycles. The van der Waals surface area contributed by atoms with Gasteiger partial charge in [-0.15, -0.1) is 0 Å². The maximum atomic E-state index is 13.0. The molecule has 0 aliphatic carbocycles. The summed E-state index contributed by atoms with van der Waals surface area (Å²) in [7, 11) is 0. The lowest BCUT2D eigenvalue weighted by molar-refractivity contribution is -0.128. The first kappa shape index (κ1) is 15.8. The van der Waals surface area contributed by atoms with Gasteiger partial charge in [0.05, 0.1) is 6.04 Å². The van der Waals surface area contributed by atoms with E-state index in [1.165, 1.54) is 0 Å². The zero-order valence-corrected chi connectivity index (χ0v) is 14.7. The predicted octanol–water partition coefficient (Wildman–Crippen LogP) is 3.56. The van der Waals surface area contributed by atoms with E-state index >= 15 is 0 Å². The molecule has 0 saturated carbocycles. The summed E-state index contributed by atoms with van der Waals surface area (Å²) in [4.78, 5) is 17.9. The van der Waals surface area contributed by atoms with Crippen LogP contribution in [0.4, 0.5) is 0 Å². The van der Waals surface area contributed by atoms with Gasteiger partial charge in [0.25, 0.3) is 5.91 Å². The number of aromatic amines is 1. The molecule has 0 spiro atoms. The van der Waals surface area contributed by atoms with Crippen LogP contribution in [0, 0.1) is 0 Å². The summed E-state index contributed by atoms with van der Waals surface area (Å²) in [6, 6.07) is 17.7. The van der Waals surface area contributed by atoms with Crippen LogP contribution in [0.1, 0.15) is 24.1 Å². The maximum absolute atomic E-state index is 13.0. The predicted molar refractivity (Wildman–Crippen MR) is 103 cm³/mol. The summed E-state index contributed by atoms with van der Waals surface area (Å²) < 4.78 is 0. The Bertz CT molecular complexity index is 934. The summed E-state index contributed by atoms with van der Waals surface area (Å²) in [5, 5.41) is 4.86. The first-order chi connectivity index (χ1) is 12.1. The summed E-state index contributed by atoms with van der Waals surface area (Å²) in [5.74, 6) is 0.0339. The van der Waals surface area contributed by atoms with Crippen LogP contribution in [-0.2, 0) is 11.2 Å². The Morgan fingerprint density at radius 2 is 1.84 bits per heavy atom. The molecule has 0 unspecified atom stereocenters. The number of thiocarbonyl (C=S) groups is 1.